The van der Waals surface area contributed by atoms with Gasteiger partial charge in [0.1, 0.15) is 0 Å². The first-order chi connectivity index (χ1) is 12.0. The molecule has 0 unspecified atom stereocenters. The second-order valence-corrected chi connectivity index (χ2v) is 5.78. The standard InChI is InChI=1S/C19H18N4O2/c1-23(2)16-8-6-13(7-9-16)19(25)20-15-5-3-4-14(12-15)17-10-11-18(24)22-21-17/h3-12H,1-2H3,(H,20,25)(H,22,24). The maximum absolute atomic E-state index is 12.4. The van der Waals surface area contributed by atoms with Crippen molar-refractivity contribution < 1.29 is 4.79 Å². The molecule has 1 aromatic heterocycles. The third-order valence-electron chi connectivity index (χ3n) is 3.74. The van der Waals surface area contributed by atoms with E-state index in [2.05, 4.69) is 15.5 Å². The fourth-order valence-electron chi connectivity index (χ4n) is 2.38. The summed E-state index contributed by atoms with van der Waals surface area (Å²) in [5.74, 6) is -0.183. The van der Waals surface area contributed by atoms with Gasteiger partial charge in [0.25, 0.3) is 11.5 Å². The van der Waals surface area contributed by atoms with E-state index >= 15 is 0 Å². The van der Waals surface area contributed by atoms with Crippen molar-refractivity contribution >= 4 is 17.3 Å². The van der Waals surface area contributed by atoms with Crippen molar-refractivity contribution in [3.05, 3.63) is 76.6 Å². The van der Waals surface area contributed by atoms with E-state index in [1.165, 1.54) is 6.07 Å². The second kappa shape index (κ2) is 7.00. The molecule has 1 amide bonds. The highest BCUT2D eigenvalue weighted by Crippen LogP contribution is 2.20. The summed E-state index contributed by atoms with van der Waals surface area (Å²) in [6.45, 7) is 0. The molecule has 0 radical (unpaired) electrons. The maximum Gasteiger partial charge on any atom is 0.264 e. The topological polar surface area (TPSA) is 78.1 Å². The monoisotopic (exact) mass is 334 g/mol. The van der Waals surface area contributed by atoms with Crippen LogP contribution in [0.15, 0.2) is 65.5 Å². The number of aromatic nitrogens is 2. The summed E-state index contributed by atoms with van der Waals surface area (Å²) in [7, 11) is 3.90. The fourth-order valence-corrected chi connectivity index (χ4v) is 2.38. The van der Waals surface area contributed by atoms with Gasteiger partial charge >= 0.3 is 0 Å². The van der Waals surface area contributed by atoms with E-state index < -0.39 is 0 Å². The average Bonchev–Trinajstić information content (AvgIpc) is 2.62. The first-order valence-electron chi connectivity index (χ1n) is 7.78. The smallest absolute Gasteiger partial charge is 0.264 e. The van der Waals surface area contributed by atoms with Crippen molar-refractivity contribution in [2.24, 2.45) is 0 Å². The zero-order valence-electron chi connectivity index (χ0n) is 14.0. The molecule has 6 heteroatoms. The van der Waals surface area contributed by atoms with E-state index in [1.807, 2.05) is 49.3 Å². The zero-order valence-corrected chi connectivity index (χ0v) is 14.0. The molecule has 0 bridgehead atoms. The minimum Gasteiger partial charge on any atom is -0.378 e. The highest BCUT2D eigenvalue weighted by Gasteiger charge is 2.08. The van der Waals surface area contributed by atoms with Gasteiger partial charge in [-0.25, -0.2) is 5.10 Å². The quantitative estimate of drug-likeness (QED) is 0.769. The number of hydrogen-bond acceptors (Lipinski definition) is 4. The molecule has 3 aromatic rings. The lowest BCUT2D eigenvalue weighted by Gasteiger charge is -2.12. The van der Waals surface area contributed by atoms with Crippen LogP contribution in [0.25, 0.3) is 11.3 Å². The predicted octanol–water partition coefficient (Wildman–Crippen LogP) is 2.76. The summed E-state index contributed by atoms with van der Waals surface area (Å²) in [4.78, 5) is 25.5. The van der Waals surface area contributed by atoms with E-state index in [0.717, 1.165) is 11.3 Å². The minimum atomic E-state index is -0.255. The van der Waals surface area contributed by atoms with Gasteiger partial charge in [0.2, 0.25) is 0 Å². The van der Waals surface area contributed by atoms with Gasteiger partial charge in [-0.2, -0.15) is 5.10 Å². The predicted molar refractivity (Wildman–Crippen MR) is 99.0 cm³/mol. The molecule has 126 valence electrons. The number of H-pyrrole nitrogens is 1. The van der Waals surface area contributed by atoms with Crippen molar-refractivity contribution in [2.45, 2.75) is 0 Å². The highest BCUT2D eigenvalue weighted by atomic mass is 16.1. The summed E-state index contributed by atoms with van der Waals surface area (Å²) >= 11 is 0. The van der Waals surface area contributed by atoms with E-state index in [4.69, 9.17) is 0 Å². The normalized spacial score (nSPS) is 10.3. The van der Waals surface area contributed by atoms with E-state index in [-0.39, 0.29) is 11.5 Å². The first kappa shape index (κ1) is 16.4. The minimum absolute atomic E-state index is 0.183. The van der Waals surface area contributed by atoms with Crippen LogP contribution in [-0.2, 0) is 0 Å². The van der Waals surface area contributed by atoms with Crippen molar-refractivity contribution in [2.75, 3.05) is 24.3 Å². The summed E-state index contributed by atoms with van der Waals surface area (Å²) in [5.41, 5.74) is 3.45. The van der Waals surface area contributed by atoms with Crippen LogP contribution >= 0.6 is 0 Å². The molecule has 0 saturated carbocycles. The lowest BCUT2D eigenvalue weighted by atomic mass is 10.1. The van der Waals surface area contributed by atoms with Crippen molar-refractivity contribution in [3.63, 3.8) is 0 Å². The van der Waals surface area contributed by atoms with Gasteiger partial charge in [-0.1, -0.05) is 12.1 Å². The fraction of sp³-hybridized carbons (Fsp3) is 0.105. The molecule has 0 fully saturated rings. The molecule has 25 heavy (non-hydrogen) atoms. The molecule has 0 aliphatic heterocycles. The van der Waals surface area contributed by atoms with Crippen LogP contribution in [0.2, 0.25) is 0 Å². The Morgan fingerprint density at radius 1 is 1.04 bits per heavy atom. The molecule has 0 aliphatic carbocycles. The molecule has 0 saturated heterocycles. The number of benzene rings is 2. The SMILES string of the molecule is CN(C)c1ccc(C(=O)Nc2cccc(-c3ccc(=O)[nH]n3)c2)cc1. The molecule has 0 aliphatic rings. The number of amides is 1. The number of carbonyl (C=O) groups is 1. The summed E-state index contributed by atoms with van der Waals surface area (Å²) in [6, 6.07) is 17.7. The van der Waals surface area contributed by atoms with Crippen LogP contribution in [0, 0.1) is 0 Å². The largest absolute Gasteiger partial charge is 0.378 e. The lowest BCUT2D eigenvalue weighted by Crippen LogP contribution is -2.13. The Bertz CT molecular complexity index is 926. The first-order valence-corrected chi connectivity index (χ1v) is 7.78. The zero-order chi connectivity index (χ0) is 17.8. The maximum atomic E-state index is 12.4. The Morgan fingerprint density at radius 2 is 1.80 bits per heavy atom. The summed E-state index contributed by atoms with van der Waals surface area (Å²) in [6.07, 6.45) is 0. The molecule has 6 nitrogen and oxygen atoms in total. The highest BCUT2D eigenvalue weighted by molar-refractivity contribution is 6.04. The lowest BCUT2D eigenvalue weighted by molar-refractivity contribution is 0.102. The van der Waals surface area contributed by atoms with Gasteiger partial charge in [0, 0.05) is 42.7 Å². The Kier molecular flexibility index (Phi) is 4.61. The van der Waals surface area contributed by atoms with Gasteiger partial charge in [-0.05, 0) is 42.5 Å². The van der Waals surface area contributed by atoms with Crippen LogP contribution in [0.5, 0.6) is 0 Å². The number of carbonyl (C=O) groups excluding carboxylic acids is 1. The molecular formula is C19H18N4O2. The van der Waals surface area contributed by atoms with Crippen LogP contribution in [0.3, 0.4) is 0 Å². The second-order valence-electron chi connectivity index (χ2n) is 5.78. The Morgan fingerprint density at radius 3 is 2.44 bits per heavy atom. The van der Waals surface area contributed by atoms with Gasteiger partial charge in [0.05, 0.1) is 5.69 Å². The average molecular weight is 334 g/mol. The van der Waals surface area contributed by atoms with Gasteiger partial charge in [-0.3, -0.25) is 9.59 Å². The molecule has 0 spiro atoms. The van der Waals surface area contributed by atoms with Gasteiger partial charge in [-0.15, -0.1) is 0 Å². The number of aromatic amines is 1. The number of nitrogens with zero attached hydrogens (tertiary/aromatic N) is 2. The molecule has 0 atom stereocenters. The molecule has 2 aromatic carbocycles. The number of rotatable bonds is 4. The van der Waals surface area contributed by atoms with E-state index in [9.17, 15) is 9.59 Å². The third kappa shape index (κ3) is 3.92. The van der Waals surface area contributed by atoms with Crippen LogP contribution in [0.1, 0.15) is 10.4 Å². The third-order valence-corrected chi connectivity index (χ3v) is 3.74. The van der Waals surface area contributed by atoms with E-state index in [0.29, 0.717) is 16.9 Å². The molecule has 3 rings (SSSR count). The van der Waals surface area contributed by atoms with Crippen LogP contribution < -0.4 is 15.8 Å². The number of anilines is 2. The summed E-state index contributed by atoms with van der Waals surface area (Å²) in [5, 5.41) is 9.28. The Labute approximate surface area is 145 Å². The molecular weight excluding hydrogens is 316 g/mol. The molecule has 1 heterocycles. The van der Waals surface area contributed by atoms with Crippen molar-refractivity contribution in [1.82, 2.24) is 10.2 Å². The Hall–Kier alpha value is -3.41. The molecule has 2 N–H and O–H groups in total. The Balaban J connectivity index is 1.78. The number of hydrogen-bond donors (Lipinski definition) is 2. The van der Waals surface area contributed by atoms with Crippen molar-refractivity contribution in [1.29, 1.82) is 0 Å². The van der Waals surface area contributed by atoms with Gasteiger partial charge in [0.15, 0.2) is 0 Å². The summed E-state index contributed by atoms with van der Waals surface area (Å²) < 4.78 is 0. The van der Waals surface area contributed by atoms with E-state index in [1.54, 1.807) is 24.3 Å². The van der Waals surface area contributed by atoms with Crippen LogP contribution in [0.4, 0.5) is 11.4 Å². The number of nitrogens with one attached hydrogen (secondary N) is 2. The van der Waals surface area contributed by atoms with Crippen LogP contribution in [-0.4, -0.2) is 30.2 Å². The van der Waals surface area contributed by atoms with Gasteiger partial charge < -0.3 is 10.2 Å². The van der Waals surface area contributed by atoms with Crippen molar-refractivity contribution in [3.8, 4) is 11.3 Å².